The van der Waals surface area contributed by atoms with Crippen LogP contribution in [0.5, 0.6) is 0 Å². The fourth-order valence-electron chi connectivity index (χ4n) is 3.36. The van der Waals surface area contributed by atoms with Gasteiger partial charge >= 0.3 is 0 Å². The predicted molar refractivity (Wildman–Crippen MR) is 93.1 cm³/mol. The Hall–Kier alpha value is -2.15. The average molecular weight is 328 g/mol. The number of nitrogens with zero attached hydrogens (tertiary/aromatic N) is 4. The molecular formula is C17H24N6O. The van der Waals surface area contributed by atoms with Crippen molar-refractivity contribution in [3.05, 3.63) is 18.2 Å². The van der Waals surface area contributed by atoms with Crippen LogP contribution in [0.1, 0.15) is 32.1 Å². The summed E-state index contributed by atoms with van der Waals surface area (Å²) in [5.41, 5.74) is 0.740. The van der Waals surface area contributed by atoms with E-state index in [-0.39, 0.29) is 11.8 Å². The summed E-state index contributed by atoms with van der Waals surface area (Å²) >= 11 is 0. The lowest BCUT2D eigenvalue weighted by atomic mass is 10.1. The number of hydrogen-bond acceptors (Lipinski definition) is 5. The second-order valence-corrected chi connectivity index (χ2v) is 6.87. The van der Waals surface area contributed by atoms with E-state index in [1.54, 1.807) is 4.52 Å². The molecule has 1 saturated carbocycles. The van der Waals surface area contributed by atoms with Crippen molar-refractivity contribution in [2.75, 3.05) is 30.8 Å². The van der Waals surface area contributed by atoms with Crippen LogP contribution in [0.15, 0.2) is 18.2 Å². The largest absolute Gasteiger partial charge is 0.370 e. The zero-order valence-corrected chi connectivity index (χ0v) is 14.0. The highest BCUT2D eigenvalue weighted by Gasteiger charge is 2.30. The first-order valence-corrected chi connectivity index (χ1v) is 8.81. The molecule has 0 aromatic carbocycles. The van der Waals surface area contributed by atoms with Crippen LogP contribution in [0.2, 0.25) is 0 Å². The van der Waals surface area contributed by atoms with Crippen molar-refractivity contribution in [1.29, 1.82) is 0 Å². The highest BCUT2D eigenvalue weighted by molar-refractivity contribution is 5.92. The zero-order chi connectivity index (χ0) is 16.5. The smallest absolute Gasteiger partial charge is 0.249 e. The van der Waals surface area contributed by atoms with Crippen LogP contribution < -0.4 is 10.6 Å². The molecule has 3 heterocycles. The van der Waals surface area contributed by atoms with Crippen LogP contribution in [-0.2, 0) is 4.79 Å². The minimum absolute atomic E-state index is 0.0321. The van der Waals surface area contributed by atoms with Gasteiger partial charge in [0.25, 0.3) is 0 Å². The summed E-state index contributed by atoms with van der Waals surface area (Å²) in [4.78, 5) is 18.7. The molecule has 1 unspecified atom stereocenters. The molecule has 1 aliphatic heterocycles. The van der Waals surface area contributed by atoms with E-state index in [0.29, 0.717) is 12.0 Å². The number of pyridine rings is 1. The molecular weight excluding hydrogens is 304 g/mol. The molecule has 2 aromatic heterocycles. The first-order valence-electron chi connectivity index (χ1n) is 8.81. The Balaban J connectivity index is 1.42. The first kappa shape index (κ1) is 15.4. The van der Waals surface area contributed by atoms with Crippen LogP contribution in [-0.4, -0.2) is 51.6 Å². The molecule has 2 N–H and O–H groups in total. The second kappa shape index (κ2) is 6.39. The molecule has 128 valence electrons. The Bertz CT molecular complexity index is 738. The lowest BCUT2D eigenvalue weighted by Gasteiger charge is -2.19. The van der Waals surface area contributed by atoms with Gasteiger partial charge < -0.3 is 10.2 Å². The van der Waals surface area contributed by atoms with Crippen LogP contribution >= 0.6 is 0 Å². The third kappa shape index (κ3) is 3.21. The third-order valence-corrected chi connectivity index (χ3v) is 5.00. The number of carbonyl (C=O) groups is 1. The van der Waals surface area contributed by atoms with Gasteiger partial charge in [-0.15, -0.1) is 5.10 Å². The Morgan fingerprint density at radius 1 is 1.33 bits per heavy atom. The van der Waals surface area contributed by atoms with Gasteiger partial charge in [0.2, 0.25) is 11.9 Å². The normalized spacial score (nSPS) is 21.3. The summed E-state index contributed by atoms with van der Waals surface area (Å²) in [6, 6.07) is 6.52. The van der Waals surface area contributed by atoms with Crippen molar-refractivity contribution in [3.8, 4) is 0 Å². The minimum Gasteiger partial charge on any atom is -0.370 e. The average Bonchev–Trinajstić information content (AvgIpc) is 3.23. The number of fused-ring (bicyclic) bond motifs is 1. The molecule has 1 atom stereocenters. The van der Waals surface area contributed by atoms with E-state index in [1.165, 1.54) is 19.4 Å². The molecule has 1 amide bonds. The second-order valence-electron chi connectivity index (χ2n) is 6.87. The van der Waals surface area contributed by atoms with Gasteiger partial charge in [0.1, 0.15) is 5.82 Å². The summed E-state index contributed by atoms with van der Waals surface area (Å²) in [7, 11) is 2.20. The van der Waals surface area contributed by atoms with E-state index in [9.17, 15) is 4.79 Å². The predicted octanol–water partition coefficient (Wildman–Crippen LogP) is 1.97. The van der Waals surface area contributed by atoms with Gasteiger partial charge in [-0.25, -0.2) is 0 Å². The molecule has 0 radical (unpaired) electrons. The molecule has 4 rings (SSSR count). The first-order chi connectivity index (χ1) is 11.7. The number of nitrogens with one attached hydrogen (secondary N) is 2. The molecule has 7 heteroatoms. The summed E-state index contributed by atoms with van der Waals surface area (Å²) in [6.45, 7) is 2.10. The highest BCUT2D eigenvalue weighted by atomic mass is 16.2. The standard InChI is InChI=1S/C17H24N6O/c1-22-11-3-4-13(22)9-10-18-14-5-2-6-15-19-17(21-23(14)15)20-16(24)12-7-8-12/h2,5-6,12-13,18H,3-4,7-11H2,1H3,(H,20,21,24). The van der Waals surface area contributed by atoms with Crippen molar-refractivity contribution in [2.45, 2.75) is 38.1 Å². The molecule has 2 fully saturated rings. The van der Waals surface area contributed by atoms with Crippen LogP contribution in [0.3, 0.4) is 0 Å². The van der Waals surface area contributed by atoms with Crippen molar-refractivity contribution >= 4 is 23.3 Å². The molecule has 2 aliphatic rings. The Labute approximate surface area is 141 Å². The monoisotopic (exact) mass is 328 g/mol. The Morgan fingerprint density at radius 3 is 2.96 bits per heavy atom. The maximum Gasteiger partial charge on any atom is 0.249 e. The quantitative estimate of drug-likeness (QED) is 0.848. The lowest BCUT2D eigenvalue weighted by molar-refractivity contribution is -0.117. The highest BCUT2D eigenvalue weighted by Crippen LogP contribution is 2.29. The van der Waals surface area contributed by atoms with Crippen molar-refractivity contribution < 1.29 is 4.79 Å². The van der Waals surface area contributed by atoms with Crippen LogP contribution in [0.4, 0.5) is 11.8 Å². The molecule has 0 bridgehead atoms. The SMILES string of the molecule is CN1CCCC1CCNc1cccc2nc(NC(=O)C3CC3)nn12. The lowest BCUT2D eigenvalue weighted by Crippen LogP contribution is -2.27. The summed E-state index contributed by atoms with van der Waals surface area (Å²) < 4.78 is 1.76. The van der Waals surface area contributed by atoms with E-state index < -0.39 is 0 Å². The summed E-state index contributed by atoms with van der Waals surface area (Å²) in [6.07, 6.45) is 5.64. The molecule has 0 spiro atoms. The van der Waals surface area contributed by atoms with E-state index >= 15 is 0 Å². The number of hydrogen-bond donors (Lipinski definition) is 2. The number of anilines is 2. The number of amides is 1. The molecule has 1 saturated heterocycles. The molecule has 24 heavy (non-hydrogen) atoms. The molecule has 1 aliphatic carbocycles. The van der Waals surface area contributed by atoms with E-state index in [4.69, 9.17) is 0 Å². The van der Waals surface area contributed by atoms with Crippen molar-refractivity contribution in [1.82, 2.24) is 19.5 Å². The third-order valence-electron chi connectivity index (χ3n) is 5.00. The number of rotatable bonds is 6. The van der Waals surface area contributed by atoms with Gasteiger partial charge in [-0.3, -0.25) is 10.1 Å². The van der Waals surface area contributed by atoms with Gasteiger partial charge in [-0.1, -0.05) is 6.07 Å². The van der Waals surface area contributed by atoms with E-state index in [2.05, 4.69) is 32.7 Å². The summed E-state index contributed by atoms with van der Waals surface area (Å²) in [5.74, 6) is 1.48. The maximum absolute atomic E-state index is 11.9. The van der Waals surface area contributed by atoms with Gasteiger partial charge in [0.05, 0.1) is 0 Å². The molecule has 2 aromatic rings. The topological polar surface area (TPSA) is 74.6 Å². The zero-order valence-electron chi connectivity index (χ0n) is 14.0. The Kier molecular flexibility index (Phi) is 4.10. The van der Waals surface area contributed by atoms with Crippen molar-refractivity contribution in [2.24, 2.45) is 5.92 Å². The Morgan fingerprint density at radius 2 is 2.21 bits per heavy atom. The van der Waals surface area contributed by atoms with E-state index in [1.807, 2.05) is 18.2 Å². The van der Waals surface area contributed by atoms with Crippen LogP contribution in [0.25, 0.3) is 5.65 Å². The van der Waals surface area contributed by atoms with Gasteiger partial charge in [-0.2, -0.15) is 9.50 Å². The molecule has 7 nitrogen and oxygen atoms in total. The van der Waals surface area contributed by atoms with E-state index in [0.717, 1.165) is 37.3 Å². The number of aromatic nitrogens is 3. The van der Waals surface area contributed by atoms with Gasteiger partial charge in [-0.05, 0) is 57.8 Å². The fraction of sp³-hybridized carbons (Fsp3) is 0.588. The number of likely N-dealkylation sites (tertiary alicyclic amines) is 1. The van der Waals surface area contributed by atoms with Gasteiger partial charge in [0, 0.05) is 18.5 Å². The maximum atomic E-state index is 11.9. The van der Waals surface area contributed by atoms with Crippen LogP contribution in [0, 0.1) is 5.92 Å². The fourth-order valence-corrected chi connectivity index (χ4v) is 3.36. The number of carbonyl (C=O) groups excluding carboxylic acids is 1. The van der Waals surface area contributed by atoms with Gasteiger partial charge in [0.15, 0.2) is 5.65 Å². The summed E-state index contributed by atoms with van der Waals surface area (Å²) in [5, 5.41) is 10.7. The van der Waals surface area contributed by atoms with Crippen molar-refractivity contribution in [3.63, 3.8) is 0 Å². The minimum atomic E-state index is 0.0321.